The molecule has 0 unspecified atom stereocenters. The monoisotopic (exact) mass is 273 g/mol. The summed E-state index contributed by atoms with van der Waals surface area (Å²) in [6, 6.07) is 0. The van der Waals surface area contributed by atoms with Gasteiger partial charge >= 0.3 is 0 Å². The Kier molecular flexibility index (Phi) is 5360. The summed E-state index contributed by atoms with van der Waals surface area (Å²) >= 11 is 0. The van der Waals surface area contributed by atoms with Crippen LogP contribution >= 0.6 is 0 Å². The molecule has 0 aliphatic carbocycles. The van der Waals surface area contributed by atoms with Gasteiger partial charge in [-0.15, -0.1) is 0 Å². The summed E-state index contributed by atoms with van der Waals surface area (Å²) in [7, 11) is 0. The van der Waals surface area contributed by atoms with E-state index in [-0.39, 0.29) is 21.1 Å². The second-order valence-electron chi connectivity index (χ2n) is 0. The molecular formula is C5H13OW-. The van der Waals surface area contributed by atoms with Crippen LogP contribution in [0.5, 0.6) is 0 Å². The van der Waals surface area contributed by atoms with E-state index in [1.54, 1.807) is 6.92 Å². The summed E-state index contributed by atoms with van der Waals surface area (Å²) in [5.41, 5.74) is 0. The molecule has 0 atom stereocenters. The van der Waals surface area contributed by atoms with E-state index < -0.39 is 0 Å². The topological polar surface area (TPSA) is 17.1 Å². The summed E-state index contributed by atoms with van der Waals surface area (Å²) in [5, 5.41) is 0. The van der Waals surface area contributed by atoms with Gasteiger partial charge in [0.25, 0.3) is 0 Å². The first-order chi connectivity index (χ1) is 3.00. The van der Waals surface area contributed by atoms with E-state index in [9.17, 15) is 0 Å². The van der Waals surface area contributed by atoms with Gasteiger partial charge in [0.15, 0.2) is 0 Å². The third-order valence-corrected chi connectivity index (χ3v) is 0. The largest absolute Gasteiger partial charge is 0.346 e. The predicted molar refractivity (Wildman–Crippen MR) is 29.5 cm³/mol. The smallest absolute Gasteiger partial charge is 0.106 e. The maximum absolute atomic E-state index is 8.00. The summed E-state index contributed by atoms with van der Waals surface area (Å²) in [4.78, 5) is 8.00. The maximum Gasteiger partial charge on any atom is 0.106 e. The van der Waals surface area contributed by atoms with E-state index in [0.29, 0.717) is 0 Å². The Morgan fingerprint density at radius 2 is 1.14 bits per heavy atom. The molecule has 0 aliphatic heterocycles. The van der Waals surface area contributed by atoms with Gasteiger partial charge in [0.2, 0.25) is 0 Å². The quantitative estimate of drug-likeness (QED) is 0.614. The van der Waals surface area contributed by atoms with Crippen LogP contribution in [0.25, 0.3) is 0 Å². The molecule has 0 N–H and O–H groups in total. The van der Waals surface area contributed by atoms with E-state index >= 15 is 0 Å². The zero-order valence-electron chi connectivity index (χ0n) is 5.23. The minimum Gasteiger partial charge on any atom is -0.346 e. The van der Waals surface area contributed by atoms with Crippen LogP contribution in [0.3, 0.4) is 0 Å². The Bertz CT molecular complexity index is 8.04. The number of carbonyl (C=O) groups is 1. The first kappa shape index (κ1) is 26.4. The van der Waals surface area contributed by atoms with Crippen LogP contribution in [0.4, 0.5) is 0 Å². The molecule has 1 nitrogen and oxygen atoms in total. The van der Waals surface area contributed by atoms with Crippen molar-refractivity contribution in [2.24, 2.45) is 0 Å². The third kappa shape index (κ3) is 941. The van der Waals surface area contributed by atoms with E-state index in [1.165, 1.54) is 0 Å². The molecule has 0 radical (unpaired) electrons. The second kappa shape index (κ2) is 1420. The van der Waals surface area contributed by atoms with Crippen molar-refractivity contribution in [1.29, 1.82) is 0 Å². The van der Waals surface area contributed by atoms with Gasteiger partial charge in [-0.25, -0.2) is 0 Å². The van der Waals surface area contributed by atoms with Gasteiger partial charge < -0.3 is 11.7 Å². The molecule has 0 aromatic carbocycles. The zero-order chi connectivity index (χ0) is 6.00. The Balaban J connectivity index is -0.00000000900. The Morgan fingerprint density at radius 1 is 1.14 bits per heavy atom. The van der Waals surface area contributed by atoms with Gasteiger partial charge in [-0.2, -0.15) is 6.92 Å². The Morgan fingerprint density at radius 3 is 1.14 bits per heavy atom. The number of hydrogen-bond acceptors (Lipinski definition) is 1. The fraction of sp³-hybridized carbons (Fsp3) is 0.600. The van der Waals surface area contributed by atoms with Crippen LogP contribution in [-0.2, 0) is 25.9 Å². The van der Waals surface area contributed by atoms with E-state index in [4.69, 9.17) is 4.79 Å². The molecule has 0 saturated carbocycles. The van der Waals surface area contributed by atoms with Crippen molar-refractivity contribution in [3.63, 3.8) is 0 Å². The van der Waals surface area contributed by atoms with Gasteiger partial charge in [0.1, 0.15) is 6.79 Å². The van der Waals surface area contributed by atoms with Crippen LogP contribution < -0.4 is 0 Å². The molecule has 0 aromatic rings. The summed E-state index contributed by atoms with van der Waals surface area (Å²) in [5.74, 6) is 0. The van der Waals surface area contributed by atoms with Gasteiger partial charge in [0.05, 0.1) is 0 Å². The number of rotatable bonds is 0. The van der Waals surface area contributed by atoms with E-state index in [1.807, 2.05) is 20.6 Å². The van der Waals surface area contributed by atoms with Crippen LogP contribution in [0.2, 0.25) is 0 Å². The van der Waals surface area contributed by atoms with Gasteiger partial charge in [-0.05, 0) is 0 Å². The second-order valence-corrected chi connectivity index (χ2v) is 0. The SMILES string of the molecule is C=O.CC.[CH2-]C.[W]. The Labute approximate surface area is 60.8 Å². The molecule has 0 bridgehead atoms. The molecule has 0 saturated heterocycles. The fourth-order valence-corrected chi connectivity index (χ4v) is 0. The third-order valence-electron chi connectivity index (χ3n) is 0. The molecular weight excluding hydrogens is 260 g/mol. The van der Waals surface area contributed by atoms with Gasteiger partial charge in [-0.3, -0.25) is 0 Å². The van der Waals surface area contributed by atoms with Crippen molar-refractivity contribution >= 4 is 6.79 Å². The first-order valence-corrected chi connectivity index (χ1v) is 2.00. The molecule has 0 spiro atoms. The average molecular weight is 273 g/mol. The minimum absolute atomic E-state index is 0. The zero-order valence-corrected chi connectivity index (χ0v) is 8.16. The summed E-state index contributed by atoms with van der Waals surface area (Å²) < 4.78 is 0. The van der Waals surface area contributed by atoms with Crippen LogP contribution in [0.15, 0.2) is 0 Å². The number of hydrogen-bond donors (Lipinski definition) is 0. The molecule has 0 amide bonds. The van der Waals surface area contributed by atoms with E-state index in [0.717, 1.165) is 0 Å². The molecule has 0 heterocycles. The fourth-order valence-electron chi connectivity index (χ4n) is 0. The maximum atomic E-state index is 8.00. The van der Waals surface area contributed by atoms with Crippen LogP contribution in [0, 0.1) is 6.92 Å². The molecule has 2 heteroatoms. The standard InChI is InChI=1S/C2H6.C2H5.CH2O.W/c3*1-2;/h1-2H3;1H2,2H3;1H2;/q;-1;;. The molecule has 46 valence electrons. The van der Waals surface area contributed by atoms with Crippen molar-refractivity contribution in [3.8, 4) is 0 Å². The average Bonchev–Trinajstić information content (AvgIpc) is 1.81. The molecule has 0 aromatic heterocycles. The summed E-state index contributed by atoms with van der Waals surface area (Å²) in [6.07, 6.45) is 0. The normalized spacial score (nSPS) is 2.29. The number of carbonyl (C=O) groups excluding carboxylic acids is 1. The Hall–Kier alpha value is 0.358. The first-order valence-electron chi connectivity index (χ1n) is 2.00. The summed E-state index contributed by atoms with van der Waals surface area (Å²) in [6.45, 7) is 11.0. The van der Waals surface area contributed by atoms with Crippen molar-refractivity contribution in [2.45, 2.75) is 20.8 Å². The molecule has 0 aliphatic rings. The van der Waals surface area contributed by atoms with Crippen molar-refractivity contribution in [3.05, 3.63) is 6.92 Å². The van der Waals surface area contributed by atoms with Crippen LogP contribution in [-0.4, -0.2) is 6.79 Å². The van der Waals surface area contributed by atoms with E-state index in [2.05, 4.69) is 6.92 Å². The predicted octanol–water partition coefficient (Wildman–Crippen LogP) is 1.68. The molecule has 7 heavy (non-hydrogen) atoms. The van der Waals surface area contributed by atoms with Crippen molar-refractivity contribution in [2.75, 3.05) is 0 Å². The van der Waals surface area contributed by atoms with Crippen molar-refractivity contribution in [1.82, 2.24) is 0 Å². The molecule has 0 fully saturated rings. The minimum atomic E-state index is 0. The van der Waals surface area contributed by atoms with Gasteiger partial charge in [0, 0.05) is 21.1 Å². The molecule has 0 rings (SSSR count). The van der Waals surface area contributed by atoms with Crippen LogP contribution in [0.1, 0.15) is 20.8 Å². The van der Waals surface area contributed by atoms with Crippen molar-refractivity contribution < 1.29 is 25.9 Å². The van der Waals surface area contributed by atoms with Gasteiger partial charge in [-0.1, -0.05) is 13.8 Å².